The fourth-order valence-corrected chi connectivity index (χ4v) is 2.11. The van der Waals surface area contributed by atoms with Crippen molar-refractivity contribution < 1.29 is 4.79 Å². The standard InChI is InChI=1S/C12H25N3O/c1-10(2)14-12(16)15-8-5-11(6-9-15)4-7-13-3/h10-11,13H,4-9H2,1-3H3,(H,14,16). The van der Waals surface area contributed by atoms with Crippen molar-refractivity contribution in [1.29, 1.82) is 0 Å². The number of amides is 2. The van der Waals surface area contributed by atoms with Gasteiger partial charge in [0.2, 0.25) is 0 Å². The van der Waals surface area contributed by atoms with Crippen LogP contribution in [-0.2, 0) is 0 Å². The zero-order valence-electron chi connectivity index (χ0n) is 10.8. The predicted molar refractivity (Wildman–Crippen MR) is 66.5 cm³/mol. The molecule has 1 rings (SSSR count). The summed E-state index contributed by atoms with van der Waals surface area (Å²) in [5.74, 6) is 0.788. The molecule has 0 spiro atoms. The van der Waals surface area contributed by atoms with Crippen LogP contribution in [0.3, 0.4) is 0 Å². The molecule has 0 bridgehead atoms. The fraction of sp³-hybridized carbons (Fsp3) is 0.917. The summed E-state index contributed by atoms with van der Waals surface area (Å²) in [4.78, 5) is 13.7. The SMILES string of the molecule is CNCCC1CCN(C(=O)NC(C)C)CC1. The molecule has 0 aromatic rings. The van der Waals surface area contributed by atoms with Crippen molar-refractivity contribution in [2.45, 2.75) is 39.2 Å². The van der Waals surface area contributed by atoms with E-state index in [-0.39, 0.29) is 12.1 Å². The lowest BCUT2D eigenvalue weighted by atomic mass is 9.94. The Kier molecular flexibility index (Phi) is 5.60. The predicted octanol–water partition coefficient (Wildman–Crippen LogP) is 1.43. The first kappa shape index (κ1) is 13.3. The Labute approximate surface area is 98.8 Å². The van der Waals surface area contributed by atoms with E-state index in [1.165, 1.54) is 6.42 Å². The summed E-state index contributed by atoms with van der Waals surface area (Å²) in [7, 11) is 1.99. The van der Waals surface area contributed by atoms with Gasteiger partial charge < -0.3 is 15.5 Å². The number of likely N-dealkylation sites (tertiary alicyclic amines) is 1. The second-order valence-corrected chi connectivity index (χ2v) is 4.93. The van der Waals surface area contributed by atoms with Gasteiger partial charge in [-0.05, 0) is 52.6 Å². The molecule has 0 aromatic carbocycles. The molecule has 16 heavy (non-hydrogen) atoms. The van der Waals surface area contributed by atoms with E-state index in [0.29, 0.717) is 0 Å². The Morgan fingerprint density at radius 3 is 2.50 bits per heavy atom. The van der Waals surface area contributed by atoms with E-state index < -0.39 is 0 Å². The first-order chi connectivity index (χ1) is 7.63. The van der Waals surface area contributed by atoms with Gasteiger partial charge in [-0.1, -0.05) is 0 Å². The highest BCUT2D eigenvalue weighted by atomic mass is 16.2. The summed E-state index contributed by atoms with van der Waals surface area (Å²) < 4.78 is 0. The van der Waals surface area contributed by atoms with Gasteiger partial charge in [0, 0.05) is 19.1 Å². The van der Waals surface area contributed by atoms with Gasteiger partial charge >= 0.3 is 6.03 Å². The maximum absolute atomic E-state index is 11.7. The molecule has 0 atom stereocenters. The number of nitrogens with zero attached hydrogens (tertiary/aromatic N) is 1. The molecule has 2 amide bonds. The number of nitrogens with one attached hydrogen (secondary N) is 2. The highest BCUT2D eigenvalue weighted by Gasteiger charge is 2.22. The number of hydrogen-bond acceptors (Lipinski definition) is 2. The highest BCUT2D eigenvalue weighted by Crippen LogP contribution is 2.19. The van der Waals surface area contributed by atoms with Gasteiger partial charge in [-0.2, -0.15) is 0 Å². The molecule has 1 fully saturated rings. The number of hydrogen-bond donors (Lipinski definition) is 2. The third kappa shape index (κ3) is 4.39. The molecule has 0 aliphatic carbocycles. The maximum Gasteiger partial charge on any atom is 0.317 e. The molecule has 0 saturated carbocycles. The van der Waals surface area contributed by atoms with Gasteiger partial charge in [-0.3, -0.25) is 0 Å². The number of carbonyl (C=O) groups excluding carboxylic acids is 1. The summed E-state index contributed by atoms with van der Waals surface area (Å²) in [6, 6.07) is 0.330. The molecule has 2 N–H and O–H groups in total. The maximum atomic E-state index is 11.7. The van der Waals surface area contributed by atoms with Gasteiger partial charge in [-0.15, -0.1) is 0 Å². The molecule has 1 heterocycles. The van der Waals surface area contributed by atoms with E-state index in [1.54, 1.807) is 0 Å². The van der Waals surface area contributed by atoms with Crippen molar-refractivity contribution in [2.24, 2.45) is 5.92 Å². The zero-order chi connectivity index (χ0) is 12.0. The van der Waals surface area contributed by atoms with Crippen LogP contribution in [0.4, 0.5) is 4.79 Å². The van der Waals surface area contributed by atoms with Crippen molar-refractivity contribution in [2.75, 3.05) is 26.7 Å². The molecule has 1 aliphatic rings. The largest absolute Gasteiger partial charge is 0.336 e. The summed E-state index contributed by atoms with van der Waals surface area (Å²) in [6.45, 7) is 6.90. The van der Waals surface area contributed by atoms with Gasteiger partial charge in [0.05, 0.1) is 0 Å². The van der Waals surface area contributed by atoms with E-state index in [4.69, 9.17) is 0 Å². The van der Waals surface area contributed by atoms with Gasteiger partial charge in [0.15, 0.2) is 0 Å². The highest BCUT2D eigenvalue weighted by molar-refractivity contribution is 5.74. The quantitative estimate of drug-likeness (QED) is 0.763. The van der Waals surface area contributed by atoms with Crippen molar-refractivity contribution in [3.63, 3.8) is 0 Å². The average Bonchev–Trinajstić information content (AvgIpc) is 2.26. The topological polar surface area (TPSA) is 44.4 Å². The van der Waals surface area contributed by atoms with Crippen molar-refractivity contribution >= 4 is 6.03 Å². The minimum absolute atomic E-state index is 0.0991. The lowest BCUT2D eigenvalue weighted by Gasteiger charge is -2.32. The zero-order valence-corrected chi connectivity index (χ0v) is 10.8. The minimum atomic E-state index is 0.0991. The van der Waals surface area contributed by atoms with Crippen LogP contribution in [0.2, 0.25) is 0 Å². The fourth-order valence-electron chi connectivity index (χ4n) is 2.11. The second-order valence-electron chi connectivity index (χ2n) is 4.93. The van der Waals surface area contributed by atoms with Gasteiger partial charge in [0.25, 0.3) is 0 Å². The number of piperidine rings is 1. The molecule has 1 aliphatic heterocycles. The first-order valence-corrected chi connectivity index (χ1v) is 6.33. The van der Waals surface area contributed by atoms with E-state index in [1.807, 2.05) is 25.8 Å². The van der Waals surface area contributed by atoms with Crippen molar-refractivity contribution in [3.05, 3.63) is 0 Å². The molecule has 4 nitrogen and oxygen atoms in total. The van der Waals surface area contributed by atoms with Crippen LogP contribution >= 0.6 is 0 Å². The third-order valence-electron chi connectivity index (χ3n) is 3.12. The molecule has 0 aromatic heterocycles. The Morgan fingerprint density at radius 2 is 2.00 bits per heavy atom. The van der Waals surface area contributed by atoms with Gasteiger partial charge in [0.1, 0.15) is 0 Å². The summed E-state index contributed by atoms with van der Waals surface area (Å²) in [5.41, 5.74) is 0. The minimum Gasteiger partial charge on any atom is -0.336 e. The number of rotatable bonds is 4. The first-order valence-electron chi connectivity index (χ1n) is 6.33. The molecular weight excluding hydrogens is 202 g/mol. The van der Waals surface area contributed by atoms with Crippen LogP contribution in [0.1, 0.15) is 33.1 Å². The summed E-state index contributed by atoms with van der Waals surface area (Å²) in [6.07, 6.45) is 3.52. The van der Waals surface area contributed by atoms with Crippen LogP contribution in [0.15, 0.2) is 0 Å². The van der Waals surface area contributed by atoms with Crippen molar-refractivity contribution in [1.82, 2.24) is 15.5 Å². The Hall–Kier alpha value is -0.770. The normalized spacial score (nSPS) is 17.9. The molecule has 0 radical (unpaired) electrons. The van der Waals surface area contributed by atoms with E-state index in [9.17, 15) is 4.79 Å². The van der Waals surface area contributed by atoms with E-state index >= 15 is 0 Å². The number of carbonyl (C=O) groups is 1. The Bertz CT molecular complexity index is 210. The van der Waals surface area contributed by atoms with Crippen LogP contribution in [0.5, 0.6) is 0 Å². The van der Waals surface area contributed by atoms with Crippen LogP contribution in [0, 0.1) is 5.92 Å². The summed E-state index contributed by atoms with van der Waals surface area (Å²) in [5, 5.41) is 6.13. The van der Waals surface area contributed by atoms with Gasteiger partial charge in [-0.25, -0.2) is 4.79 Å². The van der Waals surface area contributed by atoms with Crippen LogP contribution in [0.25, 0.3) is 0 Å². The van der Waals surface area contributed by atoms with Crippen LogP contribution in [-0.4, -0.2) is 43.7 Å². The van der Waals surface area contributed by atoms with Crippen molar-refractivity contribution in [3.8, 4) is 0 Å². The molecule has 0 unspecified atom stereocenters. The lowest BCUT2D eigenvalue weighted by molar-refractivity contribution is 0.166. The molecular formula is C12H25N3O. The number of urea groups is 1. The van der Waals surface area contributed by atoms with E-state index in [2.05, 4.69) is 10.6 Å². The molecule has 4 heteroatoms. The lowest BCUT2D eigenvalue weighted by Crippen LogP contribution is -2.46. The third-order valence-corrected chi connectivity index (χ3v) is 3.12. The summed E-state index contributed by atoms with van der Waals surface area (Å²) >= 11 is 0. The van der Waals surface area contributed by atoms with Crippen LogP contribution < -0.4 is 10.6 Å². The monoisotopic (exact) mass is 227 g/mol. The average molecular weight is 227 g/mol. The Morgan fingerprint density at radius 1 is 1.38 bits per heavy atom. The second kappa shape index (κ2) is 6.74. The van der Waals surface area contributed by atoms with E-state index in [0.717, 1.165) is 38.4 Å². The molecule has 1 saturated heterocycles. The smallest absolute Gasteiger partial charge is 0.317 e. The Balaban J connectivity index is 2.23. The molecule has 94 valence electrons.